The first-order valence-electron chi connectivity index (χ1n) is 10.9. The Labute approximate surface area is 188 Å². The van der Waals surface area contributed by atoms with Crippen LogP contribution in [-0.2, 0) is 0 Å². The molecule has 3 aromatic rings. The van der Waals surface area contributed by atoms with Crippen molar-refractivity contribution in [2.75, 3.05) is 6.54 Å². The van der Waals surface area contributed by atoms with E-state index in [1.54, 1.807) is 24.7 Å². The van der Waals surface area contributed by atoms with Crippen molar-refractivity contribution in [1.82, 2.24) is 24.8 Å². The maximum Gasteiger partial charge on any atom is 0.273 e. The van der Waals surface area contributed by atoms with Crippen molar-refractivity contribution < 1.29 is 18.3 Å². The van der Waals surface area contributed by atoms with Gasteiger partial charge in [0.25, 0.3) is 12.3 Å². The first-order valence-corrected chi connectivity index (χ1v) is 10.9. The molecule has 1 aliphatic heterocycles. The van der Waals surface area contributed by atoms with Crippen LogP contribution in [0.4, 0.5) is 8.78 Å². The molecule has 4 unspecified atom stereocenters. The lowest BCUT2D eigenvalue weighted by molar-refractivity contribution is -0.0347. The van der Waals surface area contributed by atoms with E-state index in [0.29, 0.717) is 35.4 Å². The van der Waals surface area contributed by atoms with Crippen molar-refractivity contribution in [1.29, 1.82) is 0 Å². The molecule has 0 aromatic carbocycles. The van der Waals surface area contributed by atoms with Crippen LogP contribution < -0.4 is 4.74 Å². The van der Waals surface area contributed by atoms with Crippen LogP contribution in [0.15, 0.2) is 49.1 Å². The van der Waals surface area contributed by atoms with Crippen LogP contribution in [0.25, 0.3) is 11.4 Å². The summed E-state index contributed by atoms with van der Waals surface area (Å²) < 4.78 is 31.7. The van der Waals surface area contributed by atoms with Crippen LogP contribution in [-0.4, -0.2) is 49.4 Å². The zero-order valence-corrected chi connectivity index (χ0v) is 17.9. The highest BCUT2D eigenvalue weighted by Gasteiger charge is 2.76. The third kappa shape index (κ3) is 3.17. The summed E-state index contributed by atoms with van der Waals surface area (Å²) in [5.74, 6) is 1.05. The summed E-state index contributed by atoms with van der Waals surface area (Å²) >= 11 is 0. The fraction of sp³-hybridized carbons (Fsp3) is 0.375. The van der Waals surface area contributed by atoms with Crippen LogP contribution in [0.5, 0.6) is 5.88 Å². The average Bonchev–Trinajstić information content (AvgIpc) is 3.47. The number of pyridine rings is 2. The molecule has 168 valence electrons. The van der Waals surface area contributed by atoms with Gasteiger partial charge in [-0.1, -0.05) is 0 Å². The Bertz CT molecular complexity index is 1220. The highest BCUT2D eigenvalue weighted by Crippen LogP contribution is 2.71. The molecule has 33 heavy (non-hydrogen) atoms. The summed E-state index contributed by atoms with van der Waals surface area (Å²) in [6, 6.07) is 6.31. The van der Waals surface area contributed by atoms with Crippen LogP contribution in [0.3, 0.4) is 0 Å². The van der Waals surface area contributed by atoms with Crippen LogP contribution in [0.1, 0.15) is 40.9 Å². The first-order chi connectivity index (χ1) is 16.0. The zero-order valence-electron chi connectivity index (χ0n) is 17.9. The Morgan fingerprint density at radius 1 is 1.15 bits per heavy atom. The number of alkyl halides is 2. The summed E-state index contributed by atoms with van der Waals surface area (Å²) in [6.07, 6.45) is 5.20. The minimum Gasteiger partial charge on any atom is -0.472 e. The van der Waals surface area contributed by atoms with E-state index in [4.69, 9.17) is 4.74 Å². The number of hydrogen-bond acceptors (Lipinski definition) is 6. The molecule has 1 spiro atoms. The number of aryl methyl sites for hydroxylation is 1. The number of carbonyl (C=O) groups is 1. The number of piperidine rings is 1. The third-order valence-corrected chi connectivity index (χ3v) is 7.13. The lowest BCUT2D eigenvalue weighted by Crippen LogP contribution is -2.59. The summed E-state index contributed by atoms with van der Waals surface area (Å²) in [5.41, 5.74) is 1.80. The number of hydrogen-bond donors (Lipinski definition) is 0. The standard InChI is InChI=1S/C24H21F2N5O2/c1-13-7-16(22-27-5-2-6-28-22)19(30-10-13)23(32)31-12-15-8-24(15)9-17(20(24)31)33-18-4-3-14(11-29-18)21(25)26/h2-7,10-11,15,17,20-21H,8-9,12H2,1H3. The van der Waals surface area contributed by atoms with Crippen LogP contribution in [0.2, 0.25) is 0 Å². The molecule has 3 fully saturated rings. The Morgan fingerprint density at radius 3 is 2.70 bits per heavy atom. The zero-order chi connectivity index (χ0) is 22.7. The predicted octanol–water partition coefficient (Wildman–Crippen LogP) is 3.86. The molecule has 0 bridgehead atoms. The van der Waals surface area contributed by atoms with Gasteiger partial charge in [0, 0.05) is 48.4 Å². The van der Waals surface area contributed by atoms with E-state index in [0.717, 1.165) is 24.6 Å². The number of ether oxygens (including phenoxy) is 1. The van der Waals surface area contributed by atoms with Gasteiger partial charge >= 0.3 is 0 Å². The monoisotopic (exact) mass is 449 g/mol. The summed E-state index contributed by atoms with van der Waals surface area (Å²) in [4.78, 5) is 32.7. The molecule has 3 aromatic heterocycles. The summed E-state index contributed by atoms with van der Waals surface area (Å²) in [5, 5.41) is 0. The van der Waals surface area contributed by atoms with Gasteiger partial charge < -0.3 is 9.64 Å². The second-order valence-electron chi connectivity index (χ2n) is 9.11. The molecule has 1 amide bonds. The molecule has 0 N–H and O–H groups in total. The van der Waals surface area contributed by atoms with Gasteiger partial charge in [0.1, 0.15) is 11.8 Å². The summed E-state index contributed by atoms with van der Waals surface area (Å²) in [7, 11) is 0. The second kappa shape index (κ2) is 7.26. The minimum absolute atomic E-state index is 0.0841. The topological polar surface area (TPSA) is 81.1 Å². The molecule has 3 aliphatic rings. The van der Waals surface area contributed by atoms with Crippen LogP contribution in [0, 0.1) is 18.3 Å². The molecular weight excluding hydrogens is 428 g/mol. The van der Waals surface area contributed by atoms with E-state index in [-0.39, 0.29) is 29.0 Å². The maximum absolute atomic E-state index is 13.7. The molecule has 2 saturated carbocycles. The molecule has 4 heterocycles. The smallest absolute Gasteiger partial charge is 0.273 e. The van der Waals surface area contributed by atoms with E-state index in [1.807, 2.05) is 17.9 Å². The van der Waals surface area contributed by atoms with Gasteiger partial charge in [-0.3, -0.25) is 9.78 Å². The number of nitrogens with zero attached hydrogens (tertiary/aromatic N) is 5. The number of halogens is 2. The largest absolute Gasteiger partial charge is 0.472 e. The number of rotatable bonds is 5. The Balaban J connectivity index is 1.27. The Morgan fingerprint density at radius 2 is 1.97 bits per heavy atom. The fourth-order valence-corrected chi connectivity index (χ4v) is 5.48. The highest BCUT2D eigenvalue weighted by atomic mass is 19.3. The van der Waals surface area contributed by atoms with Gasteiger partial charge in [-0.05, 0) is 49.4 Å². The average molecular weight is 449 g/mol. The fourth-order valence-electron chi connectivity index (χ4n) is 5.48. The van der Waals surface area contributed by atoms with Crippen molar-refractivity contribution in [2.45, 2.75) is 38.3 Å². The lowest BCUT2D eigenvalue weighted by atomic mass is 9.73. The van der Waals surface area contributed by atoms with Gasteiger partial charge in [-0.2, -0.15) is 0 Å². The minimum atomic E-state index is -2.57. The number of likely N-dealkylation sites (tertiary alicyclic amines) is 1. The van der Waals surface area contributed by atoms with Gasteiger partial charge in [-0.15, -0.1) is 0 Å². The summed E-state index contributed by atoms with van der Waals surface area (Å²) in [6.45, 7) is 2.57. The molecular formula is C24H21F2N5O2. The predicted molar refractivity (Wildman–Crippen MR) is 114 cm³/mol. The number of carbonyl (C=O) groups excluding carboxylic acids is 1. The molecule has 7 nitrogen and oxygen atoms in total. The lowest BCUT2D eigenvalue weighted by Gasteiger charge is -2.46. The molecule has 4 atom stereocenters. The van der Waals surface area contributed by atoms with Crippen molar-refractivity contribution >= 4 is 5.91 Å². The van der Waals surface area contributed by atoms with E-state index in [9.17, 15) is 13.6 Å². The third-order valence-electron chi connectivity index (χ3n) is 7.13. The van der Waals surface area contributed by atoms with E-state index in [2.05, 4.69) is 19.9 Å². The van der Waals surface area contributed by atoms with E-state index < -0.39 is 6.43 Å². The van der Waals surface area contributed by atoms with Crippen molar-refractivity contribution in [2.24, 2.45) is 11.3 Å². The second-order valence-corrected chi connectivity index (χ2v) is 9.11. The van der Waals surface area contributed by atoms with E-state index >= 15 is 0 Å². The van der Waals surface area contributed by atoms with Crippen LogP contribution >= 0.6 is 0 Å². The quantitative estimate of drug-likeness (QED) is 0.588. The number of aromatic nitrogens is 4. The highest BCUT2D eigenvalue weighted by molar-refractivity contribution is 5.99. The van der Waals surface area contributed by atoms with Gasteiger partial charge in [-0.25, -0.2) is 23.7 Å². The van der Waals surface area contributed by atoms with Gasteiger partial charge in [0.2, 0.25) is 5.88 Å². The van der Waals surface area contributed by atoms with Crippen molar-refractivity contribution in [3.63, 3.8) is 0 Å². The van der Waals surface area contributed by atoms with Gasteiger partial charge in [0.05, 0.1) is 11.6 Å². The molecule has 1 saturated heterocycles. The van der Waals surface area contributed by atoms with Crippen molar-refractivity contribution in [3.8, 4) is 17.3 Å². The molecule has 0 radical (unpaired) electrons. The van der Waals surface area contributed by atoms with E-state index in [1.165, 1.54) is 12.1 Å². The SMILES string of the molecule is Cc1cnc(C(=O)N2CC3CC34CC(Oc3ccc(C(F)F)cn3)C24)c(-c2ncccn2)c1. The molecule has 9 heteroatoms. The normalized spacial score (nSPS) is 27.0. The molecule has 2 aliphatic carbocycles. The van der Waals surface area contributed by atoms with Crippen molar-refractivity contribution in [3.05, 3.63) is 65.9 Å². The molecule has 6 rings (SSSR count). The van der Waals surface area contributed by atoms with Gasteiger partial charge in [0.15, 0.2) is 5.82 Å². The first kappa shape index (κ1) is 20.1. The number of amides is 1. The maximum atomic E-state index is 13.7. The Kier molecular flexibility index (Phi) is 4.43. The Hall–Kier alpha value is -3.49.